The first-order valence-electron chi connectivity index (χ1n) is 6.95. The molecule has 0 atom stereocenters. The van der Waals surface area contributed by atoms with Gasteiger partial charge in [-0.3, -0.25) is 9.69 Å². The zero-order valence-electron chi connectivity index (χ0n) is 12.5. The van der Waals surface area contributed by atoms with E-state index in [0.717, 1.165) is 35.1 Å². The van der Waals surface area contributed by atoms with Gasteiger partial charge in [0.2, 0.25) is 5.91 Å². The second kappa shape index (κ2) is 8.96. The van der Waals surface area contributed by atoms with Crippen LogP contribution in [-0.4, -0.2) is 55.5 Å². The van der Waals surface area contributed by atoms with Gasteiger partial charge in [-0.15, -0.1) is 23.7 Å². The van der Waals surface area contributed by atoms with Crippen molar-refractivity contribution in [3.63, 3.8) is 0 Å². The van der Waals surface area contributed by atoms with Crippen molar-refractivity contribution in [1.29, 1.82) is 0 Å². The molecule has 0 saturated carbocycles. The lowest BCUT2D eigenvalue weighted by Gasteiger charge is -2.32. The summed E-state index contributed by atoms with van der Waals surface area (Å²) in [4.78, 5) is 17.3. The Kier molecular flexibility index (Phi) is 7.98. The number of amides is 1. The summed E-state index contributed by atoms with van der Waals surface area (Å²) < 4.78 is 0.771. The summed E-state index contributed by atoms with van der Waals surface area (Å²) in [5, 5.41) is 3.35. The summed E-state index contributed by atoms with van der Waals surface area (Å²) in [5.74, 6) is 0.163. The third-order valence-corrected chi connectivity index (χ3v) is 4.98. The van der Waals surface area contributed by atoms with Crippen molar-refractivity contribution >= 4 is 41.3 Å². The van der Waals surface area contributed by atoms with E-state index in [1.165, 1.54) is 11.3 Å². The number of likely N-dealkylation sites (N-methyl/N-ethyl adjacent to an activating group) is 2. The van der Waals surface area contributed by atoms with E-state index in [1.807, 2.05) is 26.2 Å². The molecule has 0 aliphatic carbocycles. The first kappa shape index (κ1) is 18.7. The van der Waals surface area contributed by atoms with Crippen LogP contribution in [0.1, 0.15) is 17.7 Å². The molecular formula is C14H23Cl2N3OS. The second-order valence-corrected chi connectivity index (χ2v) is 7.15. The van der Waals surface area contributed by atoms with Gasteiger partial charge in [0.05, 0.1) is 17.4 Å². The molecule has 1 fully saturated rings. The van der Waals surface area contributed by atoms with Gasteiger partial charge in [-0.1, -0.05) is 11.6 Å². The topological polar surface area (TPSA) is 35.6 Å². The SMILES string of the molecule is CN(Cc1ccc(Cl)s1)C(=O)CN(C)C1CCNCC1.Cl. The number of hydrogen-bond acceptors (Lipinski definition) is 4. The van der Waals surface area contributed by atoms with Gasteiger partial charge in [0, 0.05) is 18.0 Å². The predicted molar refractivity (Wildman–Crippen MR) is 91.6 cm³/mol. The fourth-order valence-corrected chi connectivity index (χ4v) is 3.61. The Balaban J connectivity index is 0.00000220. The molecule has 0 unspecified atom stereocenters. The molecule has 1 aliphatic rings. The maximum absolute atomic E-state index is 12.2. The summed E-state index contributed by atoms with van der Waals surface area (Å²) in [6, 6.07) is 4.37. The van der Waals surface area contributed by atoms with Crippen LogP contribution in [0.5, 0.6) is 0 Å². The Bertz CT molecular complexity index is 449. The average Bonchev–Trinajstić information content (AvgIpc) is 2.85. The Morgan fingerprint density at radius 3 is 2.62 bits per heavy atom. The molecule has 0 aromatic carbocycles. The molecule has 1 aliphatic heterocycles. The summed E-state index contributed by atoms with van der Waals surface area (Å²) in [6.07, 6.45) is 2.24. The quantitative estimate of drug-likeness (QED) is 0.884. The number of carbonyl (C=O) groups is 1. The van der Waals surface area contributed by atoms with Gasteiger partial charge in [-0.25, -0.2) is 0 Å². The van der Waals surface area contributed by atoms with E-state index >= 15 is 0 Å². The van der Waals surface area contributed by atoms with Crippen LogP contribution in [0.15, 0.2) is 12.1 Å². The second-order valence-electron chi connectivity index (χ2n) is 5.35. The van der Waals surface area contributed by atoms with Crippen molar-refractivity contribution in [1.82, 2.24) is 15.1 Å². The summed E-state index contributed by atoms with van der Waals surface area (Å²) in [5.41, 5.74) is 0. The lowest BCUT2D eigenvalue weighted by atomic mass is 10.1. The Labute approximate surface area is 141 Å². The predicted octanol–water partition coefficient (Wildman–Crippen LogP) is 2.47. The third-order valence-electron chi connectivity index (χ3n) is 3.76. The number of thiophene rings is 1. The molecule has 1 aromatic rings. The molecule has 0 radical (unpaired) electrons. The highest BCUT2D eigenvalue weighted by molar-refractivity contribution is 7.16. The van der Waals surface area contributed by atoms with Gasteiger partial charge in [0.1, 0.15) is 0 Å². The van der Waals surface area contributed by atoms with Gasteiger partial charge >= 0.3 is 0 Å². The minimum absolute atomic E-state index is 0. The number of rotatable bonds is 5. The smallest absolute Gasteiger partial charge is 0.236 e. The molecule has 7 heteroatoms. The Hall–Kier alpha value is -0.330. The van der Waals surface area contributed by atoms with Crippen LogP contribution in [-0.2, 0) is 11.3 Å². The van der Waals surface area contributed by atoms with Crippen molar-refractivity contribution in [2.45, 2.75) is 25.4 Å². The highest BCUT2D eigenvalue weighted by Gasteiger charge is 2.21. The summed E-state index contributed by atoms with van der Waals surface area (Å²) >= 11 is 7.44. The minimum atomic E-state index is 0. The van der Waals surface area contributed by atoms with Crippen LogP contribution in [0, 0.1) is 0 Å². The standard InChI is InChI=1S/C14H22ClN3OS.ClH/c1-17(11-5-7-16-8-6-11)10-14(19)18(2)9-12-3-4-13(15)20-12;/h3-4,11,16H,5-10H2,1-2H3;1H. The van der Waals surface area contributed by atoms with Gasteiger partial charge in [0.15, 0.2) is 0 Å². The molecule has 0 bridgehead atoms. The number of carbonyl (C=O) groups excluding carboxylic acids is 1. The highest BCUT2D eigenvalue weighted by Crippen LogP contribution is 2.22. The Morgan fingerprint density at radius 2 is 2.05 bits per heavy atom. The minimum Gasteiger partial charge on any atom is -0.340 e. The molecule has 2 heterocycles. The van der Waals surface area contributed by atoms with Crippen LogP contribution in [0.25, 0.3) is 0 Å². The van der Waals surface area contributed by atoms with Crippen LogP contribution in [0.3, 0.4) is 0 Å². The van der Waals surface area contributed by atoms with Crippen molar-refractivity contribution < 1.29 is 4.79 Å². The van der Waals surface area contributed by atoms with E-state index in [-0.39, 0.29) is 18.3 Å². The largest absolute Gasteiger partial charge is 0.340 e. The van der Waals surface area contributed by atoms with Crippen LogP contribution >= 0.6 is 35.3 Å². The number of piperidine rings is 1. The number of hydrogen-bond donors (Lipinski definition) is 1. The molecule has 1 amide bonds. The third kappa shape index (κ3) is 5.75. The fraction of sp³-hybridized carbons (Fsp3) is 0.643. The molecule has 1 saturated heterocycles. The molecule has 120 valence electrons. The zero-order valence-corrected chi connectivity index (χ0v) is 14.9. The maximum Gasteiger partial charge on any atom is 0.236 e. The van der Waals surface area contributed by atoms with Gasteiger partial charge in [-0.2, -0.15) is 0 Å². The molecule has 21 heavy (non-hydrogen) atoms. The van der Waals surface area contributed by atoms with E-state index in [4.69, 9.17) is 11.6 Å². The average molecular weight is 352 g/mol. The first-order chi connectivity index (χ1) is 9.56. The van der Waals surface area contributed by atoms with Gasteiger partial charge < -0.3 is 10.2 Å². The van der Waals surface area contributed by atoms with E-state index < -0.39 is 0 Å². The summed E-state index contributed by atoms with van der Waals surface area (Å²) in [7, 11) is 3.90. The van der Waals surface area contributed by atoms with E-state index in [0.29, 0.717) is 19.1 Å². The molecule has 1 aromatic heterocycles. The maximum atomic E-state index is 12.2. The number of nitrogens with one attached hydrogen (secondary N) is 1. The first-order valence-corrected chi connectivity index (χ1v) is 8.15. The molecule has 2 rings (SSSR count). The number of halogens is 2. The molecular weight excluding hydrogens is 329 g/mol. The normalized spacial score (nSPS) is 15.8. The van der Waals surface area contributed by atoms with E-state index in [2.05, 4.69) is 10.2 Å². The fourth-order valence-electron chi connectivity index (χ4n) is 2.47. The van der Waals surface area contributed by atoms with E-state index in [1.54, 1.807) is 4.90 Å². The monoisotopic (exact) mass is 351 g/mol. The van der Waals surface area contributed by atoms with Crippen molar-refractivity contribution in [3.05, 3.63) is 21.3 Å². The molecule has 0 spiro atoms. The van der Waals surface area contributed by atoms with Crippen LogP contribution in [0.4, 0.5) is 0 Å². The lowest BCUT2D eigenvalue weighted by molar-refractivity contribution is -0.131. The van der Waals surface area contributed by atoms with Gasteiger partial charge in [0.25, 0.3) is 0 Å². The molecule has 1 N–H and O–H groups in total. The van der Waals surface area contributed by atoms with Gasteiger partial charge in [-0.05, 0) is 45.1 Å². The van der Waals surface area contributed by atoms with Crippen molar-refractivity contribution in [3.8, 4) is 0 Å². The van der Waals surface area contributed by atoms with Crippen molar-refractivity contribution in [2.24, 2.45) is 0 Å². The lowest BCUT2D eigenvalue weighted by Crippen LogP contribution is -2.45. The van der Waals surface area contributed by atoms with Crippen LogP contribution < -0.4 is 5.32 Å². The number of nitrogens with zero attached hydrogens (tertiary/aromatic N) is 2. The van der Waals surface area contributed by atoms with E-state index in [9.17, 15) is 4.79 Å². The van der Waals surface area contributed by atoms with Crippen LogP contribution in [0.2, 0.25) is 4.34 Å². The highest BCUT2D eigenvalue weighted by atomic mass is 35.5. The summed E-state index contributed by atoms with van der Waals surface area (Å²) in [6.45, 7) is 3.22. The molecule has 4 nitrogen and oxygen atoms in total. The zero-order chi connectivity index (χ0) is 14.5. The van der Waals surface area contributed by atoms with Crippen molar-refractivity contribution in [2.75, 3.05) is 33.7 Å². The Morgan fingerprint density at radius 1 is 1.38 bits per heavy atom.